The molecule has 0 unspecified atom stereocenters. The van der Waals surface area contributed by atoms with Crippen LogP contribution >= 0.6 is 11.3 Å². The molecule has 0 aliphatic heterocycles. The largest absolute Gasteiger partial charge is 2.00 e. The van der Waals surface area contributed by atoms with Gasteiger partial charge in [-0.25, -0.2) is 0 Å². The van der Waals surface area contributed by atoms with Crippen LogP contribution in [0.3, 0.4) is 0 Å². The van der Waals surface area contributed by atoms with Crippen LogP contribution in [-0.2, 0) is 43.7 Å². The summed E-state index contributed by atoms with van der Waals surface area (Å²) in [6.45, 7) is 27.0. The van der Waals surface area contributed by atoms with E-state index in [4.69, 9.17) is 19.9 Å². The summed E-state index contributed by atoms with van der Waals surface area (Å²) in [4.78, 5) is 20.1. The van der Waals surface area contributed by atoms with Gasteiger partial charge in [0.15, 0.2) is 0 Å². The second-order valence-electron chi connectivity index (χ2n) is 17.8. The minimum Gasteiger partial charge on any atom is -0.455 e. The summed E-state index contributed by atoms with van der Waals surface area (Å²) in [5.41, 5.74) is 9.96. The summed E-state index contributed by atoms with van der Waals surface area (Å²) < 4.78 is 2.44. The average Bonchev–Trinajstić information content (AvgIpc) is 3.36. The molecular formula is C44H50N4PtS. The molecule has 0 radical (unpaired) electrons. The second-order valence-corrected chi connectivity index (χ2v) is 18.8. The summed E-state index contributed by atoms with van der Waals surface area (Å²) in [6, 6.07) is 25.6. The SMILES string of the molecule is CC(C)(C)Cc1ccc2c(c1)sc1c(-c3cc(C(C)(C)C)cc(=Nc4[c-]c(-c5cc(C(C)(C)C)ccn5)cc(C(C)(C)C)c4)[n-]3)nccc12.[Pt+2]. The van der Waals surface area contributed by atoms with Crippen molar-refractivity contribution >= 4 is 37.2 Å². The maximum Gasteiger partial charge on any atom is 2.00 e. The summed E-state index contributed by atoms with van der Waals surface area (Å²) in [5.74, 6) is 0. The Labute approximate surface area is 317 Å². The molecule has 0 fully saturated rings. The Bertz CT molecular complexity index is 2250. The maximum absolute atomic E-state index is 5.18. The van der Waals surface area contributed by atoms with E-state index in [0.717, 1.165) is 45.0 Å². The first kappa shape index (κ1) is 37.8. The van der Waals surface area contributed by atoms with Crippen molar-refractivity contribution in [1.82, 2.24) is 15.0 Å². The van der Waals surface area contributed by atoms with Crippen molar-refractivity contribution in [1.29, 1.82) is 0 Å². The first-order chi connectivity index (χ1) is 22.7. The fourth-order valence-electron chi connectivity index (χ4n) is 6.13. The number of aromatic nitrogens is 3. The van der Waals surface area contributed by atoms with Gasteiger partial charge in [-0.2, -0.15) is 0 Å². The molecule has 2 aromatic carbocycles. The molecule has 0 saturated carbocycles. The molecule has 6 aromatic rings. The third kappa shape index (κ3) is 8.38. The van der Waals surface area contributed by atoms with Crippen LogP contribution in [0.25, 0.3) is 42.8 Å². The predicted molar refractivity (Wildman–Crippen MR) is 209 cm³/mol. The Morgan fingerprint density at radius 1 is 0.680 bits per heavy atom. The quantitative estimate of drug-likeness (QED) is 0.166. The van der Waals surface area contributed by atoms with Crippen LogP contribution in [0.4, 0.5) is 5.69 Å². The number of hydrogen-bond donors (Lipinski definition) is 0. The van der Waals surface area contributed by atoms with Gasteiger partial charge >= 0.3 is 21.1 Å². The van der Waals surface area contributed by atoms with Crippen molar-refractivity contribution in [2.75, 3.05) is 0 Å². The van der Waals surface area contributed by atoms with E-state index in [1.165, 1.54) is 32.2 Å². The van der Waals surface area contributed by atoms with Gasteiger partial charge in [0, 0.05) is 27.9 Å². The molecule has 6 rings (SSSR count). The second kappa shape index (κ2) is 13.6. The fraction of sp³-hybridized carbons (Fsp3) is 0.386. The molecule has 0 N–H and O–H groups in total. The molecule has 4 nitrogen and oxygen atoms in total. The zero-order valence-electron chi connectivity index (χ0n) is 31.6. The molecule has 0 atom stereocenters. The van der Waals surface area contributed by atoms with Crippen LogP contribution in [0.5, 0.6) is 0 Å². The third-order valence-corrected chi connectivity index (χ3v) is 10.1. The Morgan fingerprint density at radius 2 is 1.34 bits per heavy atom. The summed E-state index contributed by atoms with van der Waals surface area (Å²) in [7, 11) is 0. The number of rotatable bonds is 4. The molecule has 4 heterocycles. The van der Waals surface area contributed by atoms with E-state index in [0.29, 0.717) is 5.49 Å². The van der Waals surface area contributed by atoms with Gasteiger partial charge in [-0.15, -0.1) is 46.4 Å². The van der Waals surface area contributed by atoms with E-state index in [2.05, 4.69) is 150 Å². The maximum atomic E-state index is 5.18. The zero-order chi connectivity index (χ0) is 35.5. The van der Waals surface area contributed by atoms with Crippen LogP contribution in [0.15, 0.2) is 78.0 Å². The molecule has 50 heavy (non-hydrogen) atoms. The molecule has 0 aliphatic rings. The van der Waals surface area contributed by atoms with Gasteiger partial charge in [-0.05, 0) is 74.4 Å². The molecule has 6 heteroatoms. The summed E-state index contributed by atoms with van der Waals surface area (Å²) in [5, 5.41) is 2.48. The minimum atomic E-state index is -0.114. The van der Waals surface area contributed by atoms with Gasteiger partial charge in [0.1, 0.15) is 0 Å². The van der Waals surface area contributed by atoms with Crippen LogP contribution in [0.2, 0.25) is 0 Å². The van der Waals surface area contributed by atoms with E-state index >= 15 is 0 Å². The minimum absolute atomic E-state index is 0. The molecule has 4 aromatic heterocycles. The standard InChI is InChI=1S/C44H50N4S.Pt/c1-41(2,3)26-27-13-14-33-34-16-18-46-39(40(34)49-37(33)19-27)36-24-31(44(10,11)12)25-38(48-36)47-32-21-28(20-30(22-32)43(7,8)9)35-23-29(15-17-45-35)42(4,5)6;/h13-20,22-25H,26H2,1-12H3;/q-2;+2. The smallest absolute Gasteiger partial charge is 0.455 e. The number of nitrogens with zero attached hydrogens (tertiary/aromatic N) is 4. The first-order valence-corrected chi connectivity index (χ1v) is 18.2. The Hall–Kier alpha value is -3.40. The predicted octanol–water partition coefficient (Wildman–Crippen LogP) is 11.6. The van der Waals surface area contributed by atoms with Crippen molar-refractivity contribution in [3.05, 3.63) is 107 Å². The summed E-state index contributed by atoms with van der Waals surface area (Å²) >= 11 is 1.81. The number of thiophene rings is 1. The summed E-state index contributed by atoms with van der Waals surface area (Å²) in [6.07, 6.45) is 4.86. The molecular weight excluding hydrogens is 812 g/mol. The van der Waals surface area contributed by atoms with Crippen molar-refractivity contribution in [3.8, 4) is 22.6 Å². The third-order valence-electron chi connectivity index (χ3n) is 8.97. The van der Waals surface area contributed by atoms with Crippen LogP contribution in [-0.4, -0.2) is 9.97 Å². The van der Waals surface area contributed by atoms with E-state index < -0.39 is 0 Å². The number of pyridine rings is 3. The van der Waals surface area contributed by atoms with Gasteiger partial charge in [0.2, 0.25) is 0 Å². The van der Waals surface area contributed by atoms with Crippen molar-refractivity contribution in [2.45, 2.75) is 106 Å². The number of hydrogen-bond acceptors (Lipinski definition) is 4. The Morgan fingerprint density at radius 3 is 2.00 bits per heavy atom. The molecule has 0 bridgehead atoms. The van der Waals surface area contributed by atoms with Gasteiger partial charge in [-0.3, -0.25) is 4.98 Å². The molecule has 262 valence electrons. The van der Waals surface area contributed by atoms with E-state index in [1.807, 2.05) is 23.7 Å². The molecule has 0 aliphatic carbocycles. The van der Waals surface area contributed by atoms with Gasteiger partial charge in [0.25, 0.3) is 0 Å². The van der Waals surface area contributed by atoms with Crippen LogP contribution < -0.4 is 10.5 Å². The molecule has 0 saturated heterocycles. The topological polar surface area (TPSA) is 52.2 Å². The van der Waals surface area contributed by atoms with E-state index in [-0.39, 0.29) is 42.7 Å². The van der Waals surface area contributed by atoms with Gasteiger partial charge in [-0.1, -0.05) is 119 Å². The van der Waals surface area contributed by atoms with E-state index in [9.17, 15) is 0 Å². The fourth-order valence-corrected chi connectivity index (χ4v) is 7.39. The van der Waals surface area contributed by atoms with Gasteiger partial charge in [0.05, 0.1) is 10.4 Å². The normalized spacial score (nSPS) is 13.2. The number of fused-ring (bicyclic) bond motifs is 3. The Balaban J connectivity index is 0.00000486. The Kier molecular flexibility index (Phi) is 10.3. The van der Waals surface area contributed by atoms with E-state index in [1.54, 1.807) is 0 Å². The zero-order valence-corrected chi connectivity index (χ0v) is 34.7. The van der Waals surface area contributed by atoms with Crippen molar-refractivity contribution in [2.24, 2.45) is 10.4 Å². The van der Waals surface area contributed by atoms with Crippen molar-refractivity contribution in [3.63, 3.8) is 0 Å². The van der Waals surface area contributed by atoms with Crippen LogP contribution in [0, 0.1) is 11.5 Å². The first-order valence-electron chi connectivity index (χ1n) is 17.3. The molecule has 0 amide bonds. The number of benzene rings is 2. The van der Waals surface area contributed by atoms with Crippen LogP contribution in [0.1, 0.15) is 105 Å². The average molecular weight is 862 g/mol. The molecule has 0 spiro atoms. The van der Waals surface area contributed by atoms with Gasteiger partial charge < -0.3 is 15.0 Å². The monoisotopic (exact) mass is 861 g/mol. The van der Waals surface area contributed by atoms with Crippen molar-refractivity contribution < 1.29 is 21.1 Å².